The van der Waals surface area contributed by atoms with Crippen molar-refractivity contribution in [3.63, 3.8) is 0 Å². The molecule has 6 heteroatoms. The number of likely N-dealkylation sites (N-methyl/N-ethyl adjacent to an activating group) is 1. The Kier molecular flexibility index (Phi) is 2.66. The lowest BCUT2D eigenvalue weighted by Gasteiger charge is -2.35. The fraction of sp³-hybridized carbons (Fsp3) is 0.158. The first-order valence-corrected chi connectivity index (χ1v) is 8.76. The highest BCUT2D eigenvalue weighted by atomic mass is 79.9. The fourth-order valence-electron chi connectivity index (χ4n) is 4.22. The standard InChI is InChI=1S/C19H14BrN3O2/c1-10-7-11-8-12(20)9-14-16(11)23(10)18(25)21-19(14)13-5-3-4-6-15(13)22(2)17(19)24/h3-9H,1-2H3,(H,21,25). The Morgan fingerprint density at radius 1 is 1.08 bits per heavy atom. The number of aromatic nitrogens is 1. The van der Waals surface area contributed by atoms with Crippen molar-refractivity contribution in [3.05, 3.63) is 63.8 Å². The number of aryl methyl sites for hydroxylation is 1. The van der Waals surface area contributed by atoms with Crippen LogP contribution in [0.15, 0.2) is 46.9 Å². The van der Waals surface area contributed by atoms with E-state index in [4.69, 9.17) is 0 Å². The number of carbonyl (C=O) groups excluding carboxylic acids is 2. The van der Waals surface area contributed by atoms with E-state index >= 15 is 0 Å². The molecule has 2 aliphatic rings. The zero-order valence-electron chi connectivity index (χ0n) is 13.6. The number of nitrogens with one attached hydrogen (secondary N) is 1. The van der Waals surface area contributed by atoms with Crippen molar-refractivity contribution in [2.24, 2.45) is 0 Å². The van der Waals surface area contributed by atoms with Gasteiger partial charge in [-0.15, -0.1) is 0 Å². The second-order valence-electron chi connectivity index (χ2n) is 6.57. The third-order valence-corrected chi connectivity index (χ3v) is 5.70. The Bertz CT molecular complexity index is 1120. The molecule has 0 saturated heterocycles. The van der Waals surface area contributed by atoms with Crippen molar-refractivity contribution in [1.82, 2.24) is 9.88 Å². The lowest BCUT2D eigenvalue weighted by Crippen LogP contribution is -2.57. The second-order valence-corrected chi connectivity index (χ2v) is 7.49. The van der Waals surface area contributed by atoms with Crippen LogP contribution in [0.4, 0.5) is 10.5 Å². The van der Waals surface area contributed by atoms with Gasteiger partial charge in [0.2, 0.25) is 0 Å². The van der Waals surface area contributed by atoms with E-state index in [2.05, 4.69) is 21.2 Å². The fourth-order valence-corrected chi connectivity index (χ4v) is 4.69. The minimum absolute atomic E-state index is 0.147. The minimum atomic E-state index is -1.19. The summed E-state index contributed by atoms with van der Waals surface area (Å²) in [6.45, 7) is 1.89. The van der Waals surface area contributed by atoms with Crippen LogP contribution in [0.1, 0.15) is 16.8 Å². The lowest BCUT2D eigenvalue weighted by molar-refractivity contribution is -0.122. The monoisotopic (exact) mass is 395 g/mol. The lowest BCUT2D eigenvalue weighted by atomic mass is 9.82. The number of carbonyl (C=O) groups is 2. The highest BCUT2D eigenvalue weighted by Crippen LogP contribution is 2.48. The molecule has 0 fully saturated rings. The van der Waals surface area contributed by atoms with Gasteiger partial charge in [0, 0.05) is 39.4 Å². The Balaban J connectivity index is 1.99. The van der Waals surface area contributed by atoms with E-state index in [-0.39, 0.29) is 11.9 Å². The summed E-state index contributed by atoms with van der Waals surface area (Å²) in [5, 5.41) is 3.95. The number of hydrogen-bond donors (Lipinski definition) is 1. The van der Waals surface area contributed by atoms with Gasteiger partial charge in [0.05, 0.1) is 5.52 Å². The van der Waals surface area contributed by atoms with Crippen LogP contribution >= 0.6 is 15.9 Å². The molecule has 1 spiro atoms. The highest BCUT2D eigenvalue weighted by Gasteiger charge is 2.55. The smallest absolute Gasteiger partial charge is 0.315 e. The van der Waals surface area contributed by atoms with Gasteiger partial charge in [-0.1, -0.05) is 34.1 Å². The van der Waals surface area contributed by atoms with Crippen LogP contribution < -0.4 is 10.2 Å². The van der Waals surface area contributed by atoms with Crippen LogP contribution in [-0.4, -0.2) is 23.6 Å². The Morgan fingerprint density at radius 2 is 1.84 bits per heavy atom. The summed E-state index contributed by atoms with van der Waals surface area (Å²) in [6.07, 6.45) is 0. The third kappa shape index (κ3) is 1.58. The van der Waals surface area contributed by atoms with Crippen molar-refractivity contribution in [1.29, 1.82) is 0 Å². The summed E-state index contributed by atoms with van der Waals surface area (Å²) in [5.74, 6) is -0.147. The van der Waals surface area contributed by atoms with E-state index in [1.165, 1.54) is 0 Å². The number of para-hydroxylation sites is 1. The second kappa shape index (κ2) is 4.52. The molecule has 0 aliphatic carbocycles. The predicted molar refractivity (Wildman–Crippen MR) is 98.9 cm³/mol. The van der Waals surface area contributed by atoms with Gasteiger partial charge in [0.15, 0.2) is 5.54 Å². The Hall–Kier alpha value is -2.60. The molecule has 25 heavy (non-hydrogen) atoms. The molecule has 1 atom stereocenters. The SMILES string of the molecule is Cc1cc2cc(Br)cc3c2n1C(=O)NC31C(=O)N(C)c2ccccc21. The molecule has 0 saturated carbocycles. The van der Waals surface area contributed by atoms with Crippen molar-refractivity contribution in [3.8, 4) is 0 Å². The zero-order chi connectivity index (χ0) is 17.5. The van der Waals surface area contributed by atoms with Crippen molar-refractivity contribution in [2.75, 3.05) is 11.9 Å². The van der Waals surface area contributed by atoms with Crippen molar-refractivity contribution < 1.29 is 9.59 Å². The molecule has 1 aromatic heterocycles. The molecular formula is C19H14BrN3O2. The topological polar surface area (TPSA) is 54.3 Å². The van der Waals surface area contributed by atoms with E-state index in [0.717, 1.165) is 37.9 Å². The van der Waals surface area contributed by atoms with E-state index in [0.29, 0.717) is 0 Å². The van der Waals surface area contributed by atoms with Gasteiger partial charge in [0.25, 0.3) is 5.91 Å². The van der Waals surface area contributed by atoms with E-state index in [1.54, 1.807) is 16.5 Å². The average Bonchev–Trinajstić information content (AvgIpc) is 3.02. The molecule has 5 nitrogen and oxygen atoms in total. The molecule has 1 N–H and O–H groups in total. The van der Waals surface area contributed by atoms with Crippen LogP contribution in [0.25, 0.3) is 10.9 Å². The molecule has 2 aromatic carbocycles. The number of fused-ring (bicyclic) bond motifs is 3. The number of benzene rings is 2. The number of rotatable bonds is 0. The largest absolute Gasteiger partial charge is 0.327 e. The quantitative estimate of drug-likeness (QED) is 0.633. The van der Waals surface area contributed by atoms with Gasteiger partial charge in [-0.2, -0.15) is 0 Å². The average molecular weight is 396 g/mol. The Morgan fingerprint density at radius 3 is 2.64 bits per heavy atom. The maximum atomic E-state index is 13.3. The van der Waals surface area contributed by atoms with Crippen LogP contribution in [0, 0.1) is 6.92 Å². The normalized spacial score (nSPS) is 21.2. The number of amides is 2. The summed E-state index contributed by atoms with van der Waals surface area (Å²) in [5.41, 5.74) is 2.87. The van der Waals surface area contributed by atoms with Crippen LogP contribution in [0.2, 0.25) is 0 Å². The van der Waals surface area contributed by atoms with Crippen LogP contribution in [0.3, 0.4) is 0 Å². The van der Waals surface area contributed by atoms with E-state index in [1.807, 2.05) is 49.4 Å². The maximum absolute atomic E-state index is 13.3. The molecule has 5 rings (SSSR count). The molecule has 0 bridgehead atoms. The van der Waals surface area contributed by atoms with Crippen molar-refractivity contribution in [2.45, 2.75) is 12.5 Å². The first-order valence-electron chi connectivity index (χ1n) is 7.97. The van der Waals surface area contributed by atoms with Crippen molar-refractivity contribution >= 4 is 44.5 Å². The molecule has 2 aliphatic heterocycles. The van der Waals surface area contributed by atoms with E-state index in [9.17, 15) is 9.59 Å². The highest BCUT2D eigenvalue weighted by molar-refractivity contribution is 9.10. The third-order valence-electron chi connectivity index (χ3n) is 5.24. The summed E-state index contributed by atoms with van der Waals surface area (Å²) in [6, 6.07) is 13.2. The molecule has 124 valence electrons. The molecule has 2 amide bonds. The molecule has 0 radical (unpaired) electrons. The van der Waals surface area contributed by atoms with Gasteiger partial charge < -0.3 is 10.2 Å². The molecule has 3 aromatic rings. The van der Waals surface area contributed by atoms with Gasteiger partial charge in [-0.3, -0.25) is 9.36 Å². The summed E-state index contributed by atoms with van der Waals surface area (Å²) >= 11 is 3.56. The first kappa shape index (κ1) is 14.7. The minimum Gasteiger partial charge on any atom is -0.315 e. The van der Waals surface area contributed by atoms with Gasteiger partial charge in [-0.25, -0.2) is 4.79 Å². The van der Waals surface area contributed by atoms with Gasteiger partial charge in [0.1, 0.15) is 0 Å². The first-order chi connectivity index (χ1) is 11.9. The van der Waals surface area contributed by atoms with Crippen LogP contribution in [0.5, 0.6) is 0 Å². The number of nitrogens with zero attached hydrogens (tertiary/aromatic N) is 2. The Labute approximate surface area is 152 Å². The van der Waals surface area contributed by atoms with Crippen LogP contribution in [-0.2, 0) is 10.3 Å². The summed E-state index contributed by atoms with van der Waals surface area (Å²) in [4.78, 5) is 27.9. The van der Waals surface area contributed by atoms with E-state index < -0.39 is 5.54 Å². The van der Waals surface area contributed by atoms with Gasteiger partial charge >= 0.3 is 6.03 Å². The predicted octanol–water partition coefficient (Wildman–Crippen LogP) is 3.50. The molecular weight excluding hydrogens is 382 g/mol. The number of halogens is 1. The zero-order valence-corrected chi connectivity index (χ0v) is 15.2. The molecule has 3 heterocycles. The number of hydrogen-bond acceptors (Lipinski definition) is 2. The number of anilines is 1. The summed E-state index contributed by atoms with van der Waals surface area (Å²) in [7, 11) is 1.75. The summed E-state index contributed by atoms with van der Waals surface area (Å²) < 4.78 is 2.53. The van der Waals surface area contributed by atoms with Gasteiger partial charge in [-0.05, 0) is 31.2 Å². The maximum Gasteiger partial charge on any atom is 0.327 e. The molecule has 1 unspecified atom stereocenters.